The van der Waals surface area contributed by atoms with E-state index in [1.807, 2.05) is 6.07 Å². The van der Waals surface area contributed by atoms with Gasteiger partial charge in [0, 0.05) is 12.1 Å². The lowest BCUT2D eigenvalue weighted by Gasteiger charge is -2.33. The molecule has 0 spiro atoms. The molecule has 0 bridgehead atoms. The van der Waals surface area contributed by atoms with Crippen LogP contribution in [0, 0.1) is 12.7 Å². The Morgan fingerprint density at radius 1 is 1.26 bits per heavy atom. The first-order chi connectivity index (χ1) is 10.9. The van der Waals surface area contributed by atoms with Crippen LogP contribution < -0.4 is 5.32 Å². The van der Waals surface area contributed by atoms with Crippen LogP contribution >= 0.6 is 0 Å². The normalized spacial score (nSPS) is 19.7. The zero-order valence-corrected chi connectivity index (χ0v) is 12.9. The number of anilines is 1. The first-order valence-electron chi connectivity index (χ1n) is 7.28. The molecule has 1 heterocycles. The lowest BCUT2D eigenvalue weighted by atomic mass is 9.89. The van der Waals surface area contributed by atoms with E-state index in [0.29, 0.717) is 16.8 Å². The molecular weight excluding hydrogens is 297 g/mol. The molecule has 2 aromatic rings. The second-order valence-electron chi connectivity index (χ2n) is 5.87. The third-order valence-corrected chi connectivity index (χ3v) is 3.99. The number of cyclic esters (lactones) is 1. The largest absolute Gasteiger partial charge is 0.445 e. The zero-order valence-electron chi connectivity index (χ0n) is 12.9. The average Bonchev–Trinajstić information content (AvgIpc) is 2.51. The van der Waals surface area contributed by atoms with Crippen LogP contribution in [0.15, 0.2) is 42.5 Å². The third-order valence-electron chi connectivity index (χ3n) is 3.99. The number of rotatable bonds is 2. The summed E-state index contributed by atoms with van der Waals surface area (Å²) in [5, 5.41) is 2.62. The molecule has 1 unspecified atom stereocenters. The molecule has 5 heteroatoms. The van der Waals surface area contributed by atoms with E-state index in [4.69, 9.17) is 4.74 Å². The highest BCUT2D eigenvalue weighted by Crippen LogP contribution is 2.29. The van der Waals surface area contributed by atoms with Crippen LogP contribution in [0.3, 0.4) is 0 Å². The molecule has 0 aliphatic carbocycles. The summed E-state index contributed by atoms with van der Waals surface area (Å²) < 4.78 is 18.9. The molecule has 3 rings (SSSR count). The van der Waals surface area contributed by atoms with Gasteiger partial charge in [-0.1, -0.05) is 24.3 Å². The van der Waals surface area contributed by atoms with E-state index in [1.54, 1.807) is 44.2 Å². The fourth-order valence-electron chi connectivity index (χ4n) is 2.59. The Morgan fingerprint density at radius 3 is 2.74 bits per heavy atom. The number of carbonyl (C=O) groups is 2. The Morgan fingerprint density at radius 2 is 2.00 bits per heavy atom. The Hall–Kier alpha value is -2.69. The Balaban J connectivity index is 1.84. The summed E-state index contributed by atoms with van der Waals surface area (Å²) >= 11 is 0. The summed E-state index contributed by atoms with van der Waals surface area (Å²) in [5.74, 6) is -1.41. The van der Waals surface area contributed by atoms with Crippen molar-refractivity contribution in [1.29, 1.82) is 0 Å². The summed E-state index contributed by atoms with van der Waals surface area (Å²) in [7, 11) is 0. The Kier molecular flexibility index (Phi) is 3.64. The summed E-state index contributed by atoms with van der Waals surface area (Å²) in [4.78, 5) is 24.6. The van der Waals surface area contributed by atoms with Crippen LogP contribution in [-0.2, 0) is 16.0 Å². The number of amides is 1. The maximum Gasteiger partial charge on any atom is 0.339 e. The highest BCUT2D eigenvalue weighted by molar-refractivity contribution is 6.02. The molecule has 0 saturated heterocycles. The van der Waals surface area contributed by atoms with Crippen molar-refractivity contribution in [1.82, 2.24) is 0 Å². The third kappa shape index (κ3) is 2.82. The van der Waals surface area contributed by atoms with Crippen LogP contribution in [-0.4, -0.2) is 17.5 Å². The van der Waals surface area contributed by atoms with Gasteiger partial charge in [-0.3, -0.25) is 4.79 Å². The van der Waals surface area contributed by atoms with Gasteiger partial charge < -0.3 is 10.1 Å². The summed E-state index contributed by atoms with van der Waals surface area (Å²) in [6, 6.07) is 11.5. The quantitative estimate of drug-likeness (QED) is 0.866. The molecule has 0 fully saturated rings. The van der Waals surface area contributed by atoms with E-state index >= 15 is 0 Å². The first-order valence-corrected chi connectivity index (χ1v) is 7.28. The molecule has 2 aromatic carbocycles. The van der Waals surface area contributed by atoms with Crippen molar-refractivity contribution in [3.63, 3.8) is 0 Å². The van der Waals surface area contributed by atoms with Crippen molar-refractivity contribution in [2.24, 2.45) is 0 Å². The maximum absolute atomic E-state index is 13.6. The molecule has 0 aromatic heterocycles. The van der Waals surface area contributed by atoms with E-state index in [-0.39, 0.29) is 6.42 Å². The predicted octanol–water partition coefficient (Wildman–Crippen LogP) is 3.24. The molecule has 118 valence electrons. The number of benzene rings is 2. The standard InChI is InChI=1S/C18H16FNO3/c1-11-7-8-13(9-15(11)19)20-17(22)18(2)10-12-5-3-4-6-14(12)16(21)23-18/h3-9H,10H2,1-2H3,(H,20,22). The number of ether oxygens (including phenoxy) is 1. The highest BCUT2D eigenvalue weighted by atomic mass is 19.1. The molecule has 23 heavy (non-hydrogen) atoms. The number of esters is 1. The second kappa shape index (κ2) is 5.50. The van der Waals surface area contributed by atoms with Gasteiger partial charge in [0.25, 0.3) is 5.91 Å². The van der Waals surface area contributed by atoms with Crippen LogP contribution in [0.5, 0.6) is 0 Å². The van der Waals surface area contributed by atoms with Gasteiger partial charge in [0.15, 0.2) is 5.60 Å². The van der Waals surface area contributed by atoms with Gasteiger partial charge in [-0.15, -0.1) is 0 Å². The summed E-state index contributed by atoms with van der Waals surface area (Å²) in [6.45, 7) is 3.20. The number of hydrogen-bond donors (Lipinski definition) is 1. The average molecular weight is 313 g/mol. The minimum Gasteiger partial charge on any atom is -0.445 e. The molecule has 0 radical (unpaired) electrons. The number of nitrogens with one attached hydrogen (secondary N) is 1. The van der Waals surface area contributed by atoms with Gasteiger partial charge in [0.1, 0.15) is 5.82 Å². The van der Waals surface area contributed by atoms with Crippen LogP contribution in [0.25, 0.3) is 0 Å². The van der Waals surface area contributed by atoms with Crippen molar-refractivity contribution in [2.45, 2.75) is 25.9 Å². The highest BCUT2D eigenvalue weighted by Gasteiger charge is 2.42. The van der Waals surface area contributed by atoms with Gasteiger partial charge in [0.05, 0.1) is 5.56 Å². The number of aryl methyl sites for hydroxylation is 1. The molecule has 1 aliphatic rings. The smallest absolute Gasteiger partial charge is 0.339 e. The second-order valence-corrected chi connectivity index (χ2v) is 5.87. The topological polar surface area (TPSA) is 55.4 Å². The lowest BCUT2D eigenvalue weighted by molar-refractivity contribution is -0.134. The van der Waals surface area contributed by atoms with Gasteiger partial charge in [-0.05, 0) is 43.2 Å². The molecule has 1 aliphatic heterocycles. The van der Waals surface area contributed by atoms with Crippen LogP contribution in [0.4, 0.5) is 10.1 Å². The van der Waals surface area contributed by atoms with E-state index in [2.05, 4.69) is 5.32 Å². The van der Waals surface area contributed by atoms with Crippen LogP contribution in [0.1, 0.15) is 28.4 Å². The number of hydrogen-bond acceptors (Lipinski definition) is 3. The fraction of sp³-hybridized carbons (Fsp3) is 0.222. The SMILES string of the molecule is Cc1ccc(NC(=O)C2(C)Cc3ccccc3C(=O)O2)cc1F. The molecule has 1 amide bonds. The first kappa shape index (κ1) is 15.2. The molecule has 1 N–H and O–H groups in total. The van der Waals surface area contributed by atoms with Gasteiger partial charge in [0.2, 0.25) is 0 Å². The monoisotopic (exact) mass is 313 g/mol. The zero-order chi connectivity index (χ0) is 16.6. The van der Waals surface area contributed by atoms with E-state index in [1.165, 1.54) is 6.07 Å². The molecule has 1 atom stereocenters. The molecule has 4 nitrogen and oxygen atoms in total. The number of halogens is 1. The van der Waals surface area contributed by atoms with E-state index in [9.17, 15) is 14.0 Å². The Labute approximate surface area is 133 Å². The van der Waals surface area contributed by atoms with Crippen LogP contribution in [0.2, 0.25) is 0 Å². The summed E-state index contributed by atoms with van der Waals surface area (Å²) in [5.41, 5.74) is 0.726. The fourth-order valence-corrected chi connectivity index (χ4v) is 2.59. The van der Waals surface area contributed by atoms with Crippen molar-refractivity contribution in [3.8, 4) is 0 Å². The van der Waals surface area contributed by atoms with E-state index in [0.717, 1.165) is 5.56 Å². The number of fused-ring (bicyclic) bond motifs is 1. The Bertz CT molecular complexity index is 803. The predicted molar refractivity (Wildman–Crippen MR) is 83.7 cm³/mol. The van der Waals surface area contributed by atoms with Crippen molar-refractivity contribution in [2.75, 3.05) is 5.32 Å². The van der Waals surface area contributed by atoms with Gasteiger partial charge in [-0.25, -0.2) is 9.18 Å². The van der Waals surface area contributed by atoms with Gasteiger partial charge in [-0.2, -0.15) is 0 Å². The maximum atomic E-state index is 13.6. The van der Waals surface area contributed by atoms with Gasteiger partial charge >= 0.3 is 5.97 Å². The molecule has 0 saturated carbocycles. The van der Waals surface area contributed by atoms with Crippen molar-refractivity contribution < 1.29 is 18.7 Å². The van der Waals surface area contributed by atoms with E-state index < -0.39 is 23.3 Å². The lowest BCUT2D eigenvalue weighted by Crippen LogP contribution is -2.48. The minimum absolute atomic E-state index is 0.273. The minimum atomic E-state index is -1.33. The number of carbonyl (C=O) groups excluding carboxylic acids is 2. The van der Waals surface area contributed by atoms with Crippen molar-refractivity contribution >= 4 is 17.6 Å². The van der Waals surface area contributed by atoms with Crippen molar-refractivity contribution in [3.05, 3.63) is 65.0 Å². The molecular formula is C18H16FNO3. The summed E-state index contributed by atoms with van der Waals surface area (Å²) in [6.07, 6.45) is 0.273.